The number of aryl methyl sites for hydroxylation is 1. The molecular formula is C26H34IN5O2. The molecule has 1 saturated heterocycles. The number of benzene rings is 2. The lowest BCUT2D eigenvalue weighted by Crippen LogP contribution is -2.42. The normalized spacial score (nSPS) is 15.0. The van der Waals surface area contributed by atoms with Gasteiger partial charge < -0.3 is 19.8 Å². The molecule has 3 aromatic rings. The molecule has 0 amide bonds. The minimum absolute atomic E-state index is 0. The molecular weight excluding hydrogens is 541 g/mol. The highest BCUT2D eigenvalue weighted by Gasteiger charge is 2.23. The second kappa shape index (κ2) is 12.8. The number of likely N-dealkylation sites (tertiary alicyclic amines) is 1. The lowest BCUT2D eigenvalue weighted by molar-refractivity contribution is 0.245. The molecule has 1 unspecified atom stereocenters. The molecule has 2 aromatic carbocycles. The van der Waals surface area contributed by atoms with Gasteiger partial charge in [0.25, 0.3) is 0 Å². The van der Waals surface area contributed by atoms with E-state index in [1.807, 2.05) is 24.3 Å². The van der Waals surface area contributed by atoms with Gasteiger partial charge in [-0.2, -0.15) is 0 Å². The molecule has 0 saturated carbocycles. The fourth-order valence-corrected chi connectivity index (χ4v) is 4.15. The minimum Gasteiger partial charge on any atom is -0.497 e. The van der Waals surface area contributed by atoms with E-state index in [2.05, 4.69) is 56.7 Å². The molecule has 1 aliphatic rings. The van der Waals surface area contributed by atoms with Crippen LogP contribution in [0.15, 0.2) is 64.1 Å². The van der Waals surface area contributed by atoms with Crippen LogP contribution in [0.5, 0.6) is 5.75 Å². The molecule has 182 valence electrons. The summed E-state index contributed by atoms with van der Waals surface area (Å²) in [7, 11) is 3.47. The smallest absolute Gasteiger partial charge is 0.214 e. The average molecular weight is 575 g/mol. The van der Waals surface area contributed by atoms with Crippen LogP contribution >= 0.6 is 24.0 Å². The molecule has 1 fully saturated rings. The molecule has 0 spiro atoms. The highest BCUT2D eigenvalue weighted by Crippen LogP contribution is 2.26. The van der Waals surface area contributed by atoms with E-state index in [-0.39, 0.29) is 30.0 Å². The van der Waals surface area contributed by atoms with Gasteiger partial charge in [-0.3, -0.25) is 9.89 Å². The fraction of sp³-hybridized carbons (Fsp3) is 0.385. The van der Waals surface area contributed by atoms with Crippen molar-refractivity contribution in [2.75, 3.05) is 33.8 Å². The number of ether oxygens (including phenoxy) is 1. The van der Waals surface area contributed by atoms with Crippen LogP contribution in [0.4, 0.5) is 0 Å². The topological polar surface area (TPSA) is 74.9 Å². The van der Waals surface area contributed by atoms with E-state index in [1.54, 1.807) is 20.4 Å². The number of guanidine groups is 1. The van der Waals surface area contributed by atoms with E-state index >= 15 is 0 Å². The third-order valence-electron chi connectivity index (χ3n) is 6.07. The first-order valence-corrected chi connectivity index (χ1v) is 11.5. The number of nitrogens with one attached hydrogen (secondary N) is 2. The number of hydrogen-bond acceptors (Lipinski definition) is 5. The quantitative estimate of drug-likeness (QED) is 0.229. The van der Waals surface area contributed by atoms with E-state index < -0.39 is 0 Å². The maximum atomic E-state index is 5.93. The molecule has 2 heterocycles. The predicted octanol–water partition coefficient (Wildman–Crippen LogP) is 4.78. The van der Waals surface area contributed by atoms with Crippen molar-refractivity contribution in [1.29, 1.82) is 0 Å². The third-order valence-corrected chi connectivity index (χ3v) is 6.07. The molecule has 7 nitrogen and oxygen atoms in total. The summed E-state index contributed by atoms with van der Waals surface area (Å²) in [6.07, 6.45) is 4.26. The minimum atomic E-state index is 0. The number of aliphatic imine (C=N–C) groups is 1. The number of hydrogen-bond donors (Lipinski definition) is 2. The standard InChI is InChI=1S/C26H33N5O2.HI/c1-19-6-8-21(9-7-19)24-17-28-25(33-24)18-30-26(27-2)29-16-23(31-14-4-5-15-31)20-10-12-22(32-3)13-11-20;/h6-13,17,23H,4-5,14-16,18H2,1-3H3,(H2,27,29,30);1H. The third kappa shape index (κ3) is 6.73. The van der Waals surface area contributed by atoms with Crippen molar-refractivity contribution < 1.29 is 9.15 Å². The molecule has 0 radical (unpaired) electrons. The maximum Gasteiger partial charge on any atom is 0.214 e. The van der Waals surface area contributed by atoms with Crippen LogP contribution in [0.3, 0.4) is 0 Å². The molecule has 4 rings (SSSR count). The van der Waals surface area contributed by atoms with Crippen molar-refractivity contribution in [2.24, 2.45) is 4.99 Å². The van der Waals surface area contributed by atoms with Gasteiger partial charge in [0.15, 0.2) is 11.7 Å². The van der Waals surface area contributed by atoms with Gasteiger partial charge in [0.1, 0.15) is 5.75 Å². The average Bonchev–Trinajstić information content (AvgIpc) is 3.55. The monoisotopic (exact) mass is 575 g/mol. The lowest BCUT2D eigenvalue weighted by atomic mass is 10.1. The van der Waals surface area contributed by atoms with Gasteiger partial charge in [-0.05, 0) is 50.6 Å². The molecule has 2 N–H and O–H groups in total. The zero-order valence-corrected chi connectivity index (χ0v) is 22.4. The van der Waals surface area contributed by atoms with E-state index in [0.29, 0.717) is 12.4 Å². The highest BCUT2D eigenvalue weighted by molar-refractivity contribution is 14.0. The van der Waals surface area contributed by atoms with E-state index in [9.17, 15) is 0 Å². The van der Waals surface area contributed by atoms with Crippen LogP contribution in [0.2, 0.25) is 0 Å². The Labute approximate surface area is 219 Å². The van der Waals surface area contributed by atoms with Crippen LogP contribution in [0.25, 0.3) is 11.3 Å². The van der Waals surface area contributed by atoms with Gasteiger partial charge >= 0.3 is 0 Å². The number of nitrogens with zero attached hydrogens (tertiary/aromatic N) is 3. The molecule has 1 aromatic heterocycles. The summed E-state index contributed by atoms with van der Waals surface area (Å²) < 4.78 is 11.3. The van der Waals surface area contributed by atoms with Crippen LogP contribution in [-0.4, -0.2) is 49.6 Å². The summed E-state index contributed by atoms with van der Waals surface area (Å²) >= 11 is 0. The first-order valence-electron chi connectivity index (χ1n) is 11.5. The van der Waals surface area contributed by atoms with Gasteiger partial charge in [-0.15, -0.1) is 24.0 Å². The predicted molar refractivity (Wildman–Crippen MR) is 147 cm³/mol. The Bertz CT molecular complexity index is 1040. The Morgan fingerprint density at radius 2 is 1.79 bits per heavy atom. The van der Waals surface area contributed by atoms with Crippen molar-refractivity contribution in [1.82, 2.24) is 20.5 Å². The number of methoxy groups -OCH3 is 1. The maximum absolute atomic E-state index is 5.93. The summed E-state index contributed by atoms with van der Waals surface area (Å²) in [4.78, 5) is 11.3. The van der Waals surface area contributed by atoms with Crippen molar-refractivity contribution in [3.05, 3.63) is 71.7 Å². The summed E-state index contributed by atoms with van der Waals surface area (Å²) in [5, 5.41) is 6.80. The van der Waals surface area contributed by atoms with Crippen LogP contribution < -0.4 is 15.4 Å². The van der Waals surface area contributed by atoms with Crippen LogP contribution in [0.1, 0.15) is 35.9 Å². The summed E-state index contributed by atoms with van der Waals surface area (Å²) in [6, 6.07) is 16.9. The number of rotatable bonds is 8. The first-order chi connectivity index (χ1) is 16.2. The second-order valence-electron chi connectivity index (χ2n) is 8.32. The van der Waals surface area contributed by atoms with Crippen molar-refractivity contribution in [3.63, 3.8) is 0 Å². The molecule has 34 heavy (non-hydrogen) atoms. The highest BCUT2D eigenvalue weighted by atomic mass is 127. The van der Waals surface area contributed by atoms with Gasteiger partial charge in [0, 0.05) is 19.2 Å². The zero-order valence-electron chi connectivity index (χ0n) is 20.1. The molecule has 1 atom stereocenters. The molecule has 0 aliphatic carbocycles. The molecule has 0 bridgehead atoms. The van der Waals surface area contributed by atoms with E-state index in [4.69, 9.17) is 9.15 Å². The van der Waals surface area contributed by atoms with E-state index in [1.165, 1.54) is 24.0 Å². The van der Waals surface area contributed by atoms with Crippen LogP contribution in [-0.2, 0) is 6.54 Å². The van der Waals surface area contributed by atoms with Crippen molar-refractivity contribution in [3.8, 4) is 17.1 Å². The number of oxazole rings is 1. The van der Waals surface area contributed by atoms with Crippen molar-refractivity contribution in [2.45, 2.75) is 32.4 Å². The first kappa shape index (κ1) is 26.0. The fourth-order valence-electron chi connectivity index (χ4n) is 4.15. The Hall–Kier alpha value is -2.59. The number of halogens is 1. The zero-order chi connectivity index (χ0) is 23.0. The molecule has 1 aliphatic heterocycles. The Morgan fingerprint density at radius 3 is 2.44 bits per heavy atom. The van der Waals surface area contributed by atoms with Gasteiger partial charge in [-0.25, -0.2) is 4.98 Å². The van der Waals surface area contributed by atoms with E-state index in [0.717, 1.165) is 42.7 Å². The largest absolute Gasteiger partial charge is 0.497 e. The number of aromatic nitrogens is 1. The lowest BCUT2D eigenvalue weighted by Gasteiger charge is -2.29. The summed E-state index contributed by atoms with van der Waals surface area (Å²) in [5.74, 6) is 2.99. The molecule has 8 heteroatoms. The van der Waals surface area contributed by atoms with Gasteiger partial charge in [0.05, 0.1) is 25.9 Å². The van der Waals surface area contributed by atoms with Crippen LogP contribution in [0, 0.1) is 6.92 Å². The summed E-state index contributed by atoms with van der Waals surface area (Å²) in [6.45, 7) is 5.51. The Morgan fingerprint density at radius 1 is 1.09 bits per heavy atom. The SMILES string of the molecule is CN=C(NCc1ncc(-c2ccc(C)cc2)o1)NCC(c1ccc(OC)cc1)N1CCCC1.I. The van der Waals surface area contributed by atoms with Gasteiger partial charge in [-0.1, -0.05) is 42.0 Å². The van der Waals surface area contributed by atoms with Gasteiger partial charge in [0.2, 0.25) is 5.89 Å². The van der Waals surface area contributed by atoms with Crippen molar-refractivity contribution >= 4 is 29.9 Å². The Balaban J connectivity index is 0.00000324. The Kier molecular flexibility index (Phi) is 9.76. The summed E-state index contributed by atoms with van der Waals surface area (Å²) in [5.41, 5.74) is 3.52. The second-order valence-corrected chi connectivity index (χ2v) is 8.32.